The van der Waals surface area contributed by atoms with Gasteiger partial charge in [-0.1, -0.05) is 31.6 Å². The lowest BCUT2D eigenvalue weighted by atomic mass is 9.70. The smallest absolute Gasteiger partial charge is 0.337 e. The minimum Gasteiger partial charge on any atom is -0.465 e. The van der Waals surface area contributed by atoms with Crippen LogP contribution in [-0.2, 0) is 17.7 Å². The van der Waals surface area contributed by atoms with Crippen molar-refractivity contribution in [3.63, 3.8) is 0 Å². The standard InChI is InChI=1S/C27H34N4O2/c1-17(2)23-11-21(18(3)10-22(23)16-29-15-19-6-5-9-28-14-19)13-26-30-24-8-7-20(27(32)33-4)12-25(24)31-26/h5-10,12,14,17,21-23,29H,11,13,15-16H2,1-4H3,(H,30,31). The number of fused-ring (bicyclic) bond motifs is 1. The van der Waals surface area contributed by atoms with Crippen LogP contribution in [0.3, 0.4) is 0 Å². The van der Waals surface area contributed by atoms with Crippen LogP contribution in [0.5, 0.6) is 0 Å². The number of nitrogens with zero attached hydrogens (tertiary/aromatic N) is 2. The van der Waals surface area contributed by atoms with Gasteiger partial charge in [-0.2, -0.15) is 0 Å². The van der Waals surface area contributed by atoms with E-state index in [2.05, 4.69) is 48.2 Å². The van der Waals surface area contributed by atoms with Gasteiger partial charge >= 0.3 is 5.97 Å². The average Bonchev–Trinajstić information content (AvgIpc) is 3.22. The lowest BCUT2D eigenvalue weighted by molar-refractivity contribution is 0.0601. The number of esters is 1. The van der Waals surface area contributed by atoms with E-state index in [1.165, 1.54) is 18.2 Å². The van der Waals surface area contributed by atoms with Gasteiger partial charge in [-0.05, 0) is 66.8 Å². The van der Waals surface area contributed by atoms with Gasteiger partial charge < -0.3 is 15.0 Å². The van der Waals surface area contributed by atoms with Crippen molar-refractivity contribution >= 4 is 17.0 Å². The summed E-state index contributed by atoms with van der Waals surface area (Å²) < 4.78 is 4.84. The number of pyridine rings is 1. The second kappa shape index (κ2) is 10.3. The first-order valence-electron chi connectivity index (χ1n) is 11.8. The van der Waals surface area contributed by atoms with Crippen LogP contribution in [0, 0.1) is 23.7 Å². The summed E-state index contributed by atoms with van der Waals surface area (Å²) in [7, 11) is 1.40. The van der Waals surface area contributed by atoms with E-state index in [1.807, 2.05) is 30.6 Å². The number of hydrogen-bond acceptors (Lipinski definition) is 5. The summed E-state index contributed by atoms with van der Waals surface area (Å²) >= 11 is 0. The molecule has 3 unspecified atom stereocenters. The lowest BCUT2D eigenvalue weighted by Crippen LogP contribution is -2.34. The summed E-state index contributed by atoms with van der Waals surface area (Å²) in [6, 6.07) is 9.56. The summed E-state index contributed by atoms with van der Waals surface area (Å²) in [5.74, 6) is 2.86. The van der Waals surface area contributed by atoms with E-state index in [1.54, 1.807) is 6.07 Å². The number of aromatic amines is 1. The maximum absolute atomic E-state index is 11.8. The molecule has 1 aliphatic carbocycles. The minimum absolute atomic E-state index is 0.331. The highest BCUT2D eigenvalue weighted by atomic mass is 16.5. The number of methoxy groups -OCH3 is 1. The summed E-state index contributed by atoms with van der Waals surface area (Å²) in [6.07, 6.45) is 8.25. The Kier molecular flexibility index (Phi) is 7.23. The van der Waals surface area contributed by atoms with Crippen molar-refractivity contribution in [1.29, 1.82) is 0 Å². The van der Waals surface area contributed by atoms with E-state index in [9.17, 15) is 4.79 Å². The summed E-state index contributed by atoms with van der Waals surface area (Å²) in [5.41, 5.74) is 4.95. The fourth-order valence-electron chi connectivity index (χ4n) is 5.03. The average molecular weight is 447 g/mol. The van der Waals surface area contributed by atoms with E-state index in [0.29, 0.717) is 29.2 Å². The van der Waals surface area contributed by atoms with Gasteiger partial charge in [0.25, 0.3) is 0 Å². The molecule has 2 aromatic heterocycles. The van der Waals surface area contributed by atoms with Gasteiger partial charge in [0.15, 0.2) is 0 Å². The molecule has 0 saturated heterocycles. The number of ether oxygens (including phenoxy) is 1. The number of H-pyrrole nitrogens is 1. The molecule has 1 aliphatic rings. The number of imidazole rings is 1. The third-order valence-electron chi connectivity index (χ3n) is 6.91. The molecule has 3 aromatic rings. The van der Waals surface area contributed by atoms with E-state index in [-0.39, 0.29) is 5.97 Å². The van der Waals surface area contributed by atoms with E-state index < -0.39 is 0 Å². The monoisotopic (exact) mass is 446 g/mol. The van der Waals surface area contributed by atoms with E-state index in [0.717, 1.165) is 42.8 Å². The summed E-state index contributed by atoms with van der Waals surface area (Å²) in [5, 5.41) is 3.64. The zero-order chi connectivity index (χ0) is 23.4. The number of benzene rings is 1. The van der Waals surface area contributed by atoms with Gasteiger partial charge in [0.2, 0.25) is 0 Å². The van der Waals surface area contributed by atoms with Crippen molar-refractivity contribution in [1.82, 2.24) is 20.3 Å². The Morgan fingerprint density at radius 3 is 2.88 bits per heavy atom. The number of carbonyl (C=O) groups excluding carboxylic acids is 1. The molecule has 174 valence electrons. The quantitative estimate of drug-likeness (QED) is 0.379. The predicted octanol–water partition coefficient (Wildman–Crippen LogP) is 4.93. The molecule has 0 spiro atoms. The van der Waals surface area contributed by atoms with Crippen molar-refractivity contribution in [2.45, 2.75) is 40.2 Å². The van der Waals surface area contributed by atoms with E-state index in [4.69, 9.17) is 9.72 Å². The van der Waals surface area contributed by atoms with Crippen molar-refractivity contribution in [2.75, 3.05) is 13.7 Å². The molecule has 4 rings (SSSR count). The Morgan fingerprint density at radius 2 is 2.15 bits per heavy atom. The highest BCUT2D eigenvalue weighted by molar-refractivity contribution is 5.93. The molecule has 3 atom stereocenters. The Bertz CT molecular complexity index is 1120. The number of carbonyl (C=O) groups is 1. The van der Waals surface area contributed by atoms with Crippen LogP contribution < -0.4 is 5.32 Å². The molecule has 1 aromatic carbocycles. The molecule has 0 radical (unpaired) electrons. The molecule has 0 aliphatic heterocycles. The minimum atomic E-state index is -0.331. The molecule has 2 heterocycles. The van der Waals surface area contributed by atoms with Crippen LogP contribution >= 0.6 is 0 Å². The predicted molar refractivity (Wildman–Crippen MR) is 131 cm³/mol. The van der Waals surface area contributed by atoms with Crippen molar-refractivity contribution in [2.24, 2.45) is 23.7 Å². The highest BCUT2D eigenvalue weighted by Crippen LogP contribution is 2.38. The maximum Gasteiger partial charge on any atom is 0.337 e. The van der Waals surface area contributed by atoms with Crippen molar-refractivity contribution in [3.8, 4) is 0 Å². The molecule has 0 amide bonds. The molecular weight excluding hydrogens is 412 g/mol. The lowest BCUT2D eigenvalue weighted by Gasteiger charge is -2.37. The molecule has 0 saturated carbocycles. The number of hydrogen-bond donors (Lipinski definition) is 2. The van der Waals surface area contributed by atoms with Crippen LogP contribution in [0.4, 0.5) is 0 Å². The molecule has 0 bridgehead atoms. The SMILES string of the molecule is COC(=O)c1ccc2nc(CC3CC(C(C)C)C(CNCc4cccnc4)C=C3C)[nH]c2c1. The van der Waals surface area contributed by atoms with Gasteiger partial charge in [-0.25, -0.2) is 9.78 Å². The summed E-state index contributed by atoms with van der Waals surface area (Å²) in [6.45, 7) is 8.74. The largest absolute Gasteiger partial charge is 0.465 e. The van der Waals surface area contributed by atoms with Crippen LogP contribution in [-0.4, -0.2) is 34.6 Å². The molecule has 6 nitrogen and oxygen atoms in total. The zero-order valence-electron chi connectivity index (χ0n) is 20.0. The first kappa shape index (κ1) is 23.2. The van der Waals surface area contributed by atoms with Gasteiger partial charge in [-0.15, -0.1) is 0 Å². The third-order valence-corrected chi connectivity index (χ3v) is 6.91. The first-order valence-corrected chi connectivity index (χ1v) is 11.8. The normalized spacial score (nSPS) is 20.8. The van der Waals surface area contributed by atoms with Gasteiger partial charge in [-0.3, -0.25) is 4.98 Å². The van der Waals surface area contributed by atoms with Crippen molar-refractivity contribution < 1.29 is 9.53 Å². The second-order valence-corrected chi connectivity index (χ2v) is 9.52. The fourth-order valence-corrected chi connectivity index (χ4v) is 5.03. The van der Waals surface area contributed by atoms with Gasteiger partial charge in [0.05, 0.1) is 23.7 Å². The summed E-state index contributed by atoms with van der Waals surface area (Å²) in [4.78, 5) is 24.3. The van der Waals surface area contributed by atoms with Crippen LogP contribution in [0.1, 0.15) is 48.9 Å². The Hall–Kier alpha value is -2.99. The topological polar surface area (TPSA) is 79.9 Å². The Balaban J connectivity index is 1.45. The van der Waals surface area contributed by atoms with Crippen LogP contribution in [0.25, 0.3) is 11.0 Å². The first-order chi connectivity index (χ1) is 15.9. The molecule has 0 fully saturated rings. The Morgan fingerprint density at radius 1 is 1.30 bits per heavy atom. The zero-order valence-corrected chi connectivity index (χ0v) is 20.0. The molecule has 6 heteroatoms. The number of allylic oxidation sites excluding steroid dienone is 1. The number of aromatic nitrogens is 3. The maximum atomic E-state index is 11.8. The fraction of sp³-hybridized carbons (Fsp3) is 0.444. The second-order valence-electron chi connectivity index (χ2n) is 9.52. The molecule has 2 N–H and O–H groups in total. The molecule has 33 heavy (non-hydrogen) atoms. The van der Waals surface area contributed by atoms with Crippen molar-refractivity contribution in [3.05, 3.63) is 71.3 Å². The van der Waals surface area contributed by atoms with Crippen LogP contribution in [0.15, 0.2) is 54.4 Å². The highest BCUT2D eigenvalue weighted by Gasteiger charge is 2.31. The van der Waals surface area contributed by atoms with Gasteiger partial charge in [0, 0.05) is 31.9 Å². The third kappa shape index (κ3) is 5.50. The van der Waals surface area contributed by atoms with Crippen LogP contribution in [0.2, 0.25) is 0 Å². The number of rotatable bonds is 8. The Labute approximate surface area is 195 Å². The van der Waals surface area contributed by atoms with Gasteiger partial charge in [0.1, 0.15) is 5.82 Å². The van der Waals surface area contributed by atoms with E-state index >= 15 is 0 Å². The number of nitrogens with one attached hydrogen (secondary N) is 2. The molecular formula is C27H34N4O2.